The quantitative estimate of drug-likeness (QED) is 0.750. The molecule has 8 heteroatoms. The minimum atomic E-state index is -4.83. The molecule has 0 N–H and O–H groups in total. The van der Waals surface area contributed by atoms with Crippen LogP contribution in [0, 0.1) is 0 Å². The average molecular weight is 327 g/mol. The van der Waals surface area contributed by atoms with E-state index in [2.05, 4.69) is 0 Å². The van der Waals surface area contributed by atoms with Gasteiger partial charge in [0.25, 0.3) is 0 Å². The molecule has 0 bridgehead atoms. The van der Waals surface area contributed by atoms with E-state index in [0.29, 0.717) is 25.2 Å². The molecule has 1 aromatic carbocycles. The van der Waals surface area contributed by atoms with Gasteiger partial charge in [0.15, 0.2) is 0 Å². The normalized spacial score (nSPS) is 17.7. The van der Waals surface area contributed by atoms with Gasteiger partial charge in [-0.25, -0.2) is 0 Å². The van der Waals surface area contributed by atoms with Gasteiger partial charge in [0, 0.05) is 13.1 Å². The van der Waals surface area contributed by atoms with Gasteiger partial charge < -0.3 is 0 Å². The third kappa shape index (κ3) is 4.61. The van der Waals surface area contributed by atoms with Gasteiger partial charge in [-0.05, 0) is 36.6 Å². The lowest BCUT2D eigenvalue weighted by molar-refractivity contribution is -0.178. The van der Waals surface area contributed by atoms with Crippen LogP contribution >= 0.6 is 0 Å². The molecular formula is C14H15F6NO. The summed E-state index contributed by atoms with van der Waals surface area (Å²) >= 11 is 0. The van der Waals surface area contributed by atoms with E-state index in [-0.39, 0.29) is 18.2 Å². The number of hydrogen-bond acceptors (Lipinski definition) is 2. The van der Waals surface area contributed by atoms with Crippen LogP contribution < -0.4 is 0 Å². The summed E-state index contributed by atoms with van der Waals surface area (Å²) in [6.07, 6.45) is -6.82. The van der Waals surface area contributed by atoms with Crippen molar-refractivity contribution in [2.45, 2.75) is 38.2 Å². The summed E-state index contributed by atoms with van der Waals surface area (Å²) in [6.45, 7) is 0.948. The van der Waals surface area contributed by atoms with Crippen LogP contribution in [0.1, 0.15) is 36.0 Å². The molecule has 0 aromatic heterocycles. The zero-order chi connectivity index (χ0) is 16.4. The summed E-state index contributed by atoms with van der Waals surface area (Å²) in [5.41, 5.74) is -2.79. The number of nitrogens with zero attached hydrogens (tertiary/aromatic N) is 1. The topological polar surface area (TPSA) is 12.5 Å². The zero-order valence-electron chi connectivity index (χ0n) is 11.6. The van der Waals surface area contributed by atoms with Gasteiger partial charge in [0.05, 0.1) is 17.7 Å². The Hall–Kier alpha value is -1.28. The first-order valence-corrected chi connectivity index (χ1v) is 6.82. The molecule has 2 rings (SSSR count). The van der Waals surface area contributed by atoms with Gasteiger partial charge >= 0.3 is 12.4 Å². The SMILES string of the molecule is FC(F)(F)c1cc(CON2CCCCC2)cc(C(F)(F)F)c1. The molecule has 124 valence electrons. The van der Waals surface area contributed by atoms with Crippen LogP contribution in [0.15, 0.2) is 18.2 Å². The van der Waals surface area contributed by atoms with E-state index in [1.807, 2.05) is 0 Å². The van der Waals surface area contributed by atoms with Crippen molar-refractivity contribution in [1.29, 1.82) is 0 Å². The number of benzene rings is 1. The first kappa shape index (κ1) is 17.1. The Morgan fingerprint density at radius 3 is 1.77 bits per heavy atom. The molecule has 1 aliphatic rings. The summed E-state index contributed by atoms with van der Waals surface area (Å²) in [7, 11) is 0. The summed E-state index contributed by atoms with van der Waals surface area (Å²) in [4.78, 5) is 5.30. The molecule has 0 aliphatic carbocycles. The number of rotatable bonds is 3. The van der Waals surface area contributed by atoms with E-state index in [1.54, 1.807) is 5.06 Å². The Balaban J connectivity index is 2.18. The van der Waals surface area contributed by atoms with Crippen LogP contribution in [0.5, 0.6) is 0 Å². The maximum atomic E-state index is 12.7. The zero-order valence-corrected chi connectivity index (χ0v) is 11.6. The smallest absolute Gasteiger partial charge is 0.294 e. The molecule has 2 nitrogen and oxygen atoms in total. The number of hydrogen-bond donors (Lipinski definition) is 0. The minimum absolute atomic E-state index is 0.115. The third-order valence-corrected chi connectivity index (χ3v) is 3.38. The fourth-order valence-corrected chi connectivity index (χ4v) is 2.26. The molecule has 1 saturated heterocycles. The van der Waals surface area contributed by atoms with Gasteiger partial charge in [0.2, 0.25) is 0 Å². The third-order valence-electron chi connectivity index (χ3n) is 3.38. The summed E-state index contributed by atoms with van der Waals surface area (Å²) in [5.74, 6) is 0. The summed E-state index contributed by atoms with van der Waals surface area (Å²) in [6, 6.07) is 1.50. The fraction of sp³-hybridized carbons (Fsp3) is 0.571. The molecule has 0 amide bonds. The predicted octanol–water partition coefficient (Wildman–Crippen LogP) is 4.64. The van der Waals surface area contributed by atoms with Crippen molar-refractivity contribution in [3.63, 3.8) is 0 Å². The molecular weight excluding hydrogens is 312 g/mol. The van der Waals surface area contributed by atoms with E-state index in [4.69, 9.17) is 4.84 Å². The molecule has 1 heterocycles. The van der Waals surface area contributed by atoms with Crippen molar-refractivity contribution in [2.75, 3.05) is 13.1 Å². The molecule has 0 unspecified atom stereocenters. The molecule has 1 aliphatic heterocycles. The molecule has 0 radical (unpaired) electrons. The Kier molecular flexibility index (Phi) is 5.01. The van der Waals surface area contributed by atoms with E-state index in [9.17, 15) is 26.3 Å². The van der Waals surface area contributed by atoms with Gasteiger partial charge in [-0.2, -0.15) is 31.4 Å². The first-order chi connectivity index (χ1) is 10.2. The Labute approximate surface area is 123 Å². The van der Waals surface area contributed by atoms with Gasteiger partial charge in [-0.3, -0.25) is 4.84 Å². The Morgan fingerprint density at radius 2 is 1.32 bits per heavy atom. The molecule has 1 aromatic rings. The molecule has 0 saturated carbocycles. The molecule has 1 fully saturated rings. The van der Waals surface area contributed by atoms with Crippen molar-refractivity contribution >= 4 is 0 Å². The average Bonchev–Trinajstić information content (AvgIpc) is 2.44. The fourth-order valence-electron chi connectivity index (χ4n) is 2.26. The van der Waals surface area contributed by atoms with Crippen molar-refractivity contribution in [3.8, 4) is 0 Å². The minimum Gasteiger partial charge on any atom is -0.294 e. The summed E-state index contributed by atoms with van der Waals surface area (Å²) in [5, 5.41) is 1.58. The number of alkyl halides is 6. The molecule has 0 atom stereocenters. The highest BCUT2D eigenvalue weighted by atomic mass is 19.4. The second-order valence-corrected chi connectivity index (χ2v) is 5.18. The number of piperidine rings is 1. The number of halogens is 6. The highest BCUT2D eigenvalue weighted by Gasteiger charge is 2.36. The van der Waals surface area contributed by atoms with E-state index < -0.39 is 23.5 Å². The lowest BCUT2D eigenvalue weighted by Crippen LogP contribution is -2.29. The molecule has 22 heavy (non-hydrogen) atoms. The van der Waals surface area contributed by atoms with Crippen LogP contribution in [0.3, 0.4) is 0 Å². The monoisotopic (exact) mass is 327 g/mol. The van der Waals surface area contributed by atoms with Gasteiger partial charge in [-0.15, -0.1) is 0 Å². The van der Waals surface area contributed by atoms with Crippen LogP contribution in [-0.4, -0.2) is 18.2 Å². The van der Waals surface area contributed by atoms with Gasteiger partial charge in [-0.1, -0.05) is 6.42 Å². The maximum Gasteiger partial charge on any atom is 0.416 e. The number of hydroxylamine groups is 2. The lowest BCUT2D eigenvalue weighted by atomic mass is 10.1. The van der Waals surface area contributed by atoms with Crippen molar-refractivity contribution in [1.82, 2.24) is 5.06 Å². The first-order valence-electron chi connectivity index (χ1n) is 6.82. The van der Waals surface area contributed by atoms with E-state index in [0.717, 1.165) is 19.3 Å². The van der Waals surface area contributed by atoms with Crippen molar-refractivity contribution < 1.29 is 31.2 Å². The standard InChI is InChI=1S/C14H15F6NO/c15-13(16,17)11-6-10(7-12(8-11)14(18,19)20)9-22-21-4-2-1-3-5-21/h6-8H,1-5,9H2. The second kappa shape index (κ2) is 6.45. The van der Waals surface area contributed by atoms with E-state index in [1.165, 1.54) is 0 Å². The van der Waals surface area contributed by atoms with Crippen LogP contribution in [0.4, 0.5) is 26.3 Å². The second-order valence-electron chi connectivity index (χ2n) is 5.18. The van der Waals surface area contributed by atoms with Crippen molar-refractivity contribution in [2.24, 2.45) is 0 Å². The lowest BCUT2D eigenvalue weighted by Gasteiger charge is -2.25. The van der Waals surface area contributed by atoms with Crippen LogP contribution in [-0.2, 0) is 23.8 Å². The van der Waals surface area contributed by atoms with Gasteiger partial charge in [0.1, 0.15) is 0 Å². The highest BCUT2D eigenvalue weighted by Crippen LogP contribution is 2.36. The Bertz CT molecular complexity index is 473. The van der Waals surface area contributed by atoms with E-state index >= 15 is 0 Å². The largest absolute Gasteiger partial charge is 0.416 e. The maximum absolute atomic E-state index is 12.7. The highest BCUT2D eigenvalue weighted by molar-refractivity contribution is 5.33. The van der Waals surface area contributed by atoms with Crippen LogP contribution in [0.2, 0.25) is 0 Å². The summed E-state index contributed by atoms with van der Waals surface area (Å²) < 4.78 is 76.3. The molecule has 0 spiro atoms. The predicted molar refractivity (Wildman–Crippen MR) is 66.7 cm³/mol. The van der Waals surface area contributed by atoms with Crippen LogP contribution in [0.25, 0.3) is 0 Å². The Morgan fingerprint density at radius 1 is 0.818 bits per heavy atom. The van der Waals surface area contributed by atoms with Crippen molar-refractivity contribution in [3.05, 3.63) is 34.9 Å².